The van der Waals surface area contributed by atoms with E-state index in [0.717, 1.165) is 12.1 Å². The number of hydrogen-bond donors (Lipinski definition) is 3. The number of carbonyl (C=O) groups excluding carboxylic acids is 2. The number of hydrogen-bond acceptors (Lipinski definition) is 6. The molecule has 4 rings (SSSR count). The van der Waals surface area contributed by atoms with Crippen molar-refractivity contribution in [2.24, 2.45) is 0 Å². The van der Waals surface area contributed by atoms with Crippen molar-refractivity contribution in [1.29, 1.82) is 0 Å². The van der Waals surface area contributed by atoms with Gasteiger partial charge in [0.15, 0.2) is 0 Å². The topological polar surface area (TPSA) is 125 Å². The molecule has 16 heteroatoms. The zero-order chi connectivity index (χ0) is 29.7. The molecule has 0 radical (unpaired) electrons. The Bertz CT molecular complexity index is 1390. The van der Waals surface area contributed by atoms with Gasteiger partial charge in [-0.1, -0.05) is 18.2 Å². The van der Waals surface area contributed by atoms with E-state index in [9.17, 15) is 49.5 Å². The highest BCUT2D eigenvalue weighted by molar-refractivity contribution is 7.89. The number of carbonyl (C=O) groups is 2. The van der Waals surface area contributed by atoms with Gasteiger partial charge in [-0.3, -0.25) is 9.59 Å². The van der Waals surface area contributed by atoms with E-state index in [0.29, 0.717) is 37.1 Å². The van der Waals surface area contributed by atoms with Gasteiger partial charge in [0, 0.05) is 24.4 Å². The van der Waals surface area contributed by atoms with Crippen LogP contribution in [0.15, 0.2) is 47.4 Å². The van der Waals surface area contributed by atoms with Crippen molar-refractivity contribution < 1.29 is 54.2 Å². The SMILES string of the molecule is CNS(=O)(=O)c1ccc2c(c1)CN(C(=O)[C@@H]1CCCO1)C2C(=O)Nc1ccc(C(O)(C(F)(F)F)C(F)(F)F)cc1. The predicted octanol–water partition coefficient (Wildman–Crippen LogP) is 3.11. The Morgan fingerprint density at radius 3 is 2.17 bits per heavy atom. The molecule has 9 nitrogen and oxygen atoms in total. The van der Waals surface area contributed by atoms with E-state index in [-0.39, 0.29) is 22.7 Å². The van der Waals surface area contributed by atoms with E-state index < -0.39 is 57.5 Å². The van der Waals surface area contributed by atoms with E-state index >= 15 is 0 Å². The smallest absolute Gasteiger partial charge is 0.369 e. The third-order valence-corrected chi connectivity index (χ3v) is 8.18. The van der Waals surface area contributed by atoms with Gasteiger partial charge in [0.25, 0.3) is 17.4 Å². The summed E-state index contributed by atoms with van der Waals surface area (Å²) in [6, 6.07) is 4.83. The maximum absolute atomic E-state index is 13.4. The van der Waals surface area contributed by atoms with Crippen LogP contribution < -0.4 is 10.0 Å². The fraction of sp³-hybridized carbons (Fsp3) is 0.417. The maximum Gasteiger partial charge on any atom is 0.430 e. The molecule has 0 aliphatic carbocycles. The van der Waals surface area contributed by atoms with Gasteiger partial charge < -0.3 is 20.1 Å². The van der Waals surface area contributed by atoms with Gasteiger partial charge in [-0.05, 0) is 55.3 Å². The van der Waals surface area contributed by atoms with Gasteiger partial charge >= 0.3 is 12.4 Å². The number of nitrogens with zero attached hydrogens (tertiary/aromatic N) is 1. The molecular weight excluding hydrogens is 572 g/mol. The van der Waals surface area contributed by atoms with Crippen LogP contribution in [-0.2, 0) is 36.5 Å². The highest BCUT2D eigenvalue weighted by Gasteiger charge is 2.71. The summed E-state index contributed by atoms with van der Waals surface area (Å²) in [7, 11) is -2.65. The van der Waals surface area contributed by atoms with Crippen molar-refractivity contribution in [3.8, 4) is 0 Å². The molecule has 2 aromatic rings. The molecule has 0 aromatic heterocycles. The number of fused-ring (bicyclic) bond motifs is 1. The van der Waals surface area contributed by atoms with Crippen LogP contribution in [0.2, 0.25) is 0 Å². The normalized spacial score (nSPS) is 19.9. The monoisotopic (exact) mass is 595 g/mol. The van der Waals surface area contributed by atoms with Crippen LogP contribution in [0.25, 0.3) is 0 Å². The zero-order valence-corrected chi connectivity index (χ0v) is 21.5. The lowest BCUT2D eigenvalue weighted by atomic mass is 9.92. The highest BCUT2D eigenvalue weighted by atomic mass is 32.2. The molecule has 0 bridgehead atoms. The molecule has 2 aliphatic rings. The maximum atomic E-state index is 13.4. The van der Waals surface area contributed by atoms with E-state index in [1.807, 2.05) is 0 Å². The summed E-state index contributed by atoms with van der Waals surface area (Å²) in [5.41, 5.74) is -6.24. The minimum absolute atomic E-state index is 0.114. The number of benzene rings is 2. The summed E-state index contributed by atoms with van der Waals surface area (Å²) in [6.45, 7) is 0.176. The lowest BCUT2D eigenvalue weighted by Gasteiger charge is -2.32. The average Bonchev–Trinajstić information content (AvgIpc) is 3.55. The van der Waals surface area contributed by atoms with Crippen LogP contribution in [-0.4, -0.2) is 62.3 Å². The molecule has 2 atom stereocenters. The quantitative estimate of drug-likeness (QED) is 0.441. The van der Waals surface area contributed by atoms with Crippen LogP contribution >= 0.6 is 0 Å². The zero-order valence-electron chi connectivity index (χ0n) is 20.6. The molecule has 2 aromatic carbocycles. The highest BCUT2D eigenvalue weighted by Crippen LogP contribution is 2.50. The Labute approximate surface area is 224 Å². The second-order valence-electron chi connectivity index (χ2n) is 9.21. The van der Waals surface area contributed by atoms with Crippen molar-refractivity contribution in [3.05, 3.63) is 59.2 Å². The van der Waals surface area contributed by atoms with Gasteiger partial charge in [-0.25, -0.2) is 13.1 Å². The average molecular weight is 596 g/mol. The number of nitrogens with one attached hydrogen (secondary N) is 2. The third kappa shape index (κ3) is 5.15. The van der Waals surface area contributed by atoms with Crippen molar-refractivity contribution in [2.75, 3.05) is 19.0 Å². The van der Waals surface area contributed by atoms with Crippen molar-refractivity contribution in [3.63, 3.8) is 0 Å². The summed E-state index contributed by atoms with van der Waals surface area (Å²) < 4.78 is 111. The fourth-order valence-electron chi connectivity index (χ4n) is 4.65. The third-order valence-electron chi connectivity index (χ3n) is 6.77. The molecule has 1 fully saturated rings. The van der Waals surface area contributed by atoms with Gasteiger partial charge in [0.2, 0.25) is 10.0 Å². The van der Waals surface area contributed by atoms with Crippen LogP contribution in [0.5, 0.6) is 0 Å². The summed E-state index contributed by atoms with van der Waals surface area (Å²) >= 11 is 0. The second-order valence-corrected chi connectivity index (χ2v) is 11.1. The lowest BCUT2D eigenvalue weighted by Crippen LogP contribution is -2.53. The fourth-order valence-corrected chi connectivity index (χ4v) is 5.43. The summed E-state index contributed by atoms with van der Waals surface area (Å²) in [5, 5.41) is 11.9. The van der Waals surface area contributed by atoms with Crippen LogP contribution in [0.3, 0.4) is 0 Å². The van der Waals surface area contributed by atoms with Gasteiger partial charge in [-0.2, -0.15) is 26.3 Å². The van der Waals surface area contributed by atoms with Gasteiger partial charge in [-0.15, -0.1) is 0 Å². The molecule has 2 heterocycles. The molecule has 0 spiro atoms. The molecule has 3 N–H and O–H groups in total. The Hall–Kier alpha value is -3.21. The van der Waals surface area contributed by atoms with Gasteiger partial charge in [0.1, 0.15) is 12.1 Å². The molecule has 1 saturated heterocycles. The van der Waals surface area contributed by atoms with E-state index in [2.05, 4.69) is 10.0 Å². The van der Waals surface area contributed by atoms with Crippen LogP contribution in [0, 0.1) is 0 Å². The number of amides is 2. The van der Waals surface area contributed by atoms with Crippen molar-refractivity contribution in [1.82, 2.24) is 9.62 Å². The molecule has 40 heavy (non-hydrogen) atoms. The van der Waals surface area contributed by atoms with E-state index in [1.165, 1.54) is 30.1 Å². The van der Waals surface area contributed by atoms with Crippen molar-refractivity contribution >= 4 is 27.5 Å². The first-order valence-electron chi connectivity index (χ1n) is 11.8. The number of halogens is 6. The molecule has 2 aliphatic heterocycles. The Kier molecular flexibility index (Phi) is 7.68. The predicted molar refractivity (Wildman–Crippen MR) is 126 cm³/mol. The Morgan fingerprint density at radius 1 is 1.02 bits per heavy atom. The van der Waals surface area contributed by atoms with E-state index in [1.54, 1.807) is 0 Å². The number of aliphatic hydroxyl groups is 1. The molecule has 1 unspecified atom stereocenters. The number of anilines is 1. The summed E-state index contributed by atoms with van der Waals surface area (Å²) in [5.74, 6) is -1.40. The molecule has 218 valence electrons. The Balaban J connectivity index is 1.65. The first-order valence-corrected chi connectivity index (χ1v) is 13.3. The Morgan fingerprint density at radius 2 is 1.65 bits per heavy atom. The van der Waals surface area contributed by atoms with Crippen LogP contribution in [0.4, 0.5) is 32.0 Å². The second kappa shape index (κ2) is 10.3. The summed E-state index contributed by atoms with van der Waals surface area (Å²) in [4.78, 5) is 27.6. The number of sulfonamides is 1. The lowest BCUT2D eigenvalue weighted by molar-refractivity contribution is -0.376. The van der Waals surface area contributed by atoms with Crippen molar-refractivity contribution in [2.45, 2.75) is 54.4 Å². The largest absolute Gasteiger partial charge is 0.430 e. The standard InChI is InChI=1S/C24H23F6N3O6S/c1-31-40(37,38)16-8-9-17-13(11-16)12-33(21(35)18-3-2-10-39-18)19(17)20(34)32-15-6-4-14(5-7-15)22(36,23(25,26)27)24(28,29)30/h4-9,11,18-19,31,36H,2-3,10,12H2,1H3,(H,32,34)/t18-,19?/m0/s1. The first kappa shape index (κ1) is 29.8. The molecular formula is C24H23F6N3O6S. The van der Waals surface area contributed by atoms with Crippen LogP contribution in [0.1, 0.15) is 35.6 Å². The van der Waals surface area contributed by atoms with E-state index in [4.69, 9.17) is 4.74 Å². The molecule has 2 amide bonds. The minimum atomic E-state index is -6.08. The minimum Gasteiger partial charge on any atom is -0.369 e. The molecule has 0 saturated carbocycles. The number of alkyl halides is 6. The van der Waals surface area contributed by atoms with Gasteiger partial charge in [0.05, 0.1) is 4.90 Å². The number of rotatable bonds is 6. The summed E-state index contributed by atoms with van der Waals surface area (Å²) in [6.07, 6.45) is -12.0. The number of ether oxygens (including phenoxy) is 1. The first-order chi connectivity index (χ1) is 18.5.